The molecular formula is C23H30N8O4S2. The number of aliphatic hydroxyl groups is 2. The number of aliphatic imine (C=N–C) groups is 1. The second-order valence-electron chi connectivity index (χ2n) is 8.02. The molecule has 0 spiro atoms. The molecule has 0 aliphatic heterocycles. The van der Waals surface area contributed by atoms with Gasteiger partial charge in [-0.25, -0.2) is 9.97 Å². The van der Waals surface area contributed by atoms with Crippen LogP contribution in [0.2, 0.25) is 0 Å². The van der Waals surface area contributed by atoms with Crippen molar-refractivity contribution < 1.29 is 15.0 Å². The number of anilines is 1. The van der Waals surface area contributed by atoms with Gasteiger partial charge in [0.1, 0.15) is 12.2 Å². The summed E-state index contributed by atoms with van der Waals surface area (Å²) in [5, 5.41) is 29.4. The molecule has 0 unspecified atom stereocenters. The Morgan fingerprint density at radius 3 is 2.68 bits per heavy atom. The number of hydrogen-bond donors (Lipinski definition) is 6. The molecule has 3 rings (SSSR count). The summed E-state index contributed by atoms with van der Waals surface area (Å²) in [4.78, 5) is 38.4. The first-order valence-electron chi connectivity index (χ1n) is 11.3. The Morgan fingerprint density at radius 1 is 1.27 bits per heavy atom. The first kappa shape index (κ1) is 28.1. The molecule has 0 aliphatic carbocycles. The second kappa shape index (κ2) is 13.2. The topological polar surface area (TPSA) is 194 Å². The van der Waals surface area contributed by atoms with E-state index in [1.807, 2.05) is 30.3 Å². The minimum absolute atomic E-state index is 0.0235. The fourth-order valence-electron chi connectivity index (χ4n) is 3.51. The van der Waals surface area contributed by atoms with Gasteiger partial charge in [-0.2, -0.15) is 0 Å². The van der Waals surface area contributed by atoms with Gasteiger partial charge in [-0.1, -0.05) is 42.1 Å². The molecule has 198 valence electrons. The Kier molecular flexibility index (Phi) is 10.0. The lowest BCUT2D eigenvalue weighted by atomic mass is 10.0. The van der Waals surface area contributed by atoms with Crippen LogP contribution in [-0.4, -0.2) is 55.5 Å². The summed E-state index contributed by atoms with van der Waals surface area (Å²) in [6.45, 7) is 0.269. The van der Waals surface area contributed by atoms with E-state index in [1.54, 1.807) is 11.6 Å². The molecule has 0 radical (unpaired) electrons. The van der Waals surface area contributed by atoms with Crippen LogP contribution in [0, 0.1) is 0 Å². The van der Waals surface area contributed by atoms with Gasteiger partial charge in [0, 0.05) is 24.7 Å². The van der Waals surface area contributed by atoms with Gasteiger partial charge >= 0.3 is 0 Å². The average Bonchev–Trinajstić information content (AvgIpc) is 3.43. The molecule has 0 aliphatic rings. The smallest absolute Gasteiger partial charge is 0.278 e. The molecule has 8 N–H and O–H groups in total. The molecule has 0 saturated heterocycles. The van der Waals surface area contributed by atoms with Crippen LogP contribution in [-0.2, 0) is 23.7 Å². The van der Waals surface area contributed by atoms with Crippen LogP contribution in [0.5, 0.6) is 0 Å². The third kappa shape index (κ3) is 7.76. The van der Waals surface area contributed by atoms with E-state index in [-0.39, 0.29) is 36.2 Å². The summed E-state index contributed by atoms with van der Waals surface area (Å²) in [5.41, 5.74) is 11.5. The Balaban J connectivity index is 1.77. The van der Waals surface area contributed by atoms with Crippen molar-refractivity contribution in [1.29, 1.82) is 0 Å². The number of aromatic nitrogens is 3. The van der Waals surface area contributed by atoms with Crippen molar-refractivity contribution in [3.63, 3.8) is 0 Å². The highest BCUT2D eigenvalue weighted by atomic mass is 32.2. The Labute approximate surface area is 221 Å². The molecule has 2 heterocycles. The van der Waals surface area contributed by atoms with E-state index < -0.39 is 23.3 Å². The number of nitrogens with zero attached hydrogens (tertiary/aromatic N) is 4. The van der Waals surface area contributed by atoms with Gasteiger partial charge in [0.05, 0.1) is 12.2 Å². The molecule has 2 aromatic heterocycles. The van der Waals surface area contributed by atoms with E-state index in [2.05, 4.69) is 25.6 Å². The van der Waals surface area contributed by atoms with E-state index in [0.29, 0.717) is 18.1 Å². The molecular weight excluding hydrogens is 516 g/mol. The SMILES string of the molecule is CSc1ncc(NCc2ccccc2)c(=O)n1CC(=O)N[C@@H](CCCN=C(N)N)C(O)(O)c1nccs1. The highest BCUT2D eigenvalue weighted by Gasteiger charge is 2.39. The quantitative estimate of drug-likeness (QED) is 0.0436. The van der Waals surface area contributed by atoms with Gasteiger partial charge in [-0.15, -0.1) is 11.3 Å². The molecule has 1 atom stereocenters. The fraction of sp³-hybridized carbons (Fsp3) is 0.348. The summed E-state index contributed by atoms with van der Waals surface area (Å²) in [7, 11) is 0. The van der Waals surface area contributed by atoms with Crippen LogP contribution < -0.4 is 27.7 Å². The summed E-state index contributed by atoms with van der Waals surface area (Å²) >= 11 is 2.26. The van der Waals surface area contributed by atoms with Gasteiger partial charge in [-0.05, 0) is 24.7 Å². The van der Waals surface area contributed by atoms with Gasteiger partial charge in [0.2, 0.25) is 11.7 Å². The number of thioether (sulfide) groups is 1. The maximum absolute atomic E-state index is 13.2. The minimum Gasteiger partial charge on any atom is -0.375 e. The number of guanidine groups is 1. The van der Waals surface area contributed by atoms with Crippen molar-refractivity contribution in [2.45, 2.75) is 42.9 Å². The van der Waals surface area contributed by atoms with E-state index >= 15 is 0 Å². The molecule has 37 heavy (non-hydrogen) atoms. The molecule has 1 amide bonds. The minimum atomic E-state index is -2.44. The predicted octanol–water partition coefficient (Wildman–Crippen LogP) is 0.410. The molecule has 0 saturated carbocycles. The molecule has 0 bridgehead atoms. The Morgan fingerprint density at radius 2 is 2.03 bits per heavy atom. The average molecular weight is 547 g/mol. The summed E-state index contributed by atoms with van der Waals surface area (Å²) in [6, 6.07) is 8.41. The lowest BCUT2D eigenvalue weighted by Crippen LogP contribution is -2.52. The van der Waals surface area contributed by atoms with Crippen molar-refractivity contribution >= 4 is 40.7 Å². The number of carbonyl (C=O) groups excluding carboxylic acids is 1. The van der Waals surface area contributed by atoms with Gasteiger partial charge in [0.25, 0.3) is 5.56 Å². The van der Waals surface area contributed by atoms with Crippen LogP contribution in [0.1, 0.15) is 23.4 Å². The number of nitrogens with two attached hydrogens (primary N) is 2. The van der Waals surface area contributed by atoms with Crippen LogP contribution in [0.15, 0.2) is 63.0 Å². The summed E-state index contributed by atoms with van der Waals surface area (Å²) in [5.74, 6) is -3.13. The summed E-state index contributed by atoms with van der Waals surface area (Å²) in [6.07, 6.45) is 5.11. The normalized spacial score (nSPS) is 12.1. The van der Waals surface area contributed by atoms with Gasteiger partial charge in [0.15, 0.2) is 16.1 Å². The maximum Gasteiger partial charge on any atom is 0.278 e. The largest absolute Gasteiger partial charge is 0.375 e. The van der Waals surface area contributed by atoms with Crippen LogP contribution >= 0.6 is 23.1 Å². The van der Waals surface area contributed by atoms with E-state index in [4.69, 9.17) is 11.5 Å². The molecule has 3 aromatic rings. The molecule has 1 aromatic carbocycles. The van der Waals surface area contributed by atoms with E-state index in [0.717, 1.165) is 16.9 Å². The first-order valence-corrected chi connectivity index (χ1v) is 13.4. The predicted molar refractivity (Wildman–Crippen MR) is 144 cm³/mol. The number of rotatable bonds is 13. The Hall–Kier alpha value is -3.46. The van der Waals surface area contributed by atoms with Gasteiger partial charge < -0.3 is 32.3 Å². The number of benzene rings is 1. The van der Waals surface area contributed by atoms with Crippen molar-refractivity contribution in [1.82, 2.24) is 19.9 Å². The molecule has 14 heteroatoms. The zero-order valence-electron chi connectivity index (χ0n) is 20.2. The zero-order chi connectivity index (χ0) is 26.8. The number of nitrogens with one attached hydrogen (secondary N) is 2. The number of carbonyl (C=O) groups is 1. The Bertz CT molecular complexity index is 1250. The molecule has 12 nitrogen and oxygen atoms in total. The second-order valence-corrected chi connectivity index (χ2v) is 9.69. The highest BCUT2D eigenvalue weighted by molar-refractivity contribution is 7.98. The van der Waals surface area contributed by atoms with E-state index in [1.165, 1.54) is 28.7 Å². The number of thiazole rings is 1. The third-order valence-electron chi connectivity index (χ3n) is 5.33. The van der Waals surface area contributed by atoms with Gasteiger partial charge in [-0.3, -0.25) is 19.1 Å². The lowest BCUT2D eigenvalue weighted by Gasteiger charge is -2.30. The standard InChI is InChI=1S/C23H30N8O4S2/c1-36-22-29-13-16(28-12-15-6-3-2-4-7-15)19(33)31(22)14-18(32)30-17(8-5-9-27-21(24)25)23(34,35)20-26-10-11-37-20/h2-4,6-7,10-11,13,17,28,34-35H,5,8-9,12,14H2,1H3,(H,30,32)(H4,24,25,27)/t17-/m0/s1. The van der Waals surface area contributed by atoms with Crippen LogP contribution in [0.3, 0.4) is 0 Å². The van der Waals surface area contributed by atoms with Crippen molar-refractivity contribution in [3.05, 3.63) is 69.0 Å². The maximum atomic E-state index is 13.2. The lowest BCUT2D eigenvalue weighted by molar-refractivity contribution is -0.195. The first-order chi connectivity index (χ1) is 17.7. The highest BCUT2D eigenvalue weighted by Crippen LogP contribution is 2.26. The zero-order valence-corrected chi connectivity index (χ0v) is 21.8. The van der Waals surface area contributed by atoms with Crippen molar-refractivity contribution in [2.24, 2.45) is 16.5 Å². The van der Waals surface area contributed by atoms with Crippen molar-refractivity contribution in [2.75, 3.05) is 18.1 Å². The summed E-state index contributed by atoms with van der Waals surface area (Å²) < 4.78 is 1.24. The molecule has 0 fully saturated rings. The third-order valence-corrected chi connectivity index (χ3v) is 6.91. The van der Waals surface area contributed by atoms with Crippen LogP contribution in [0.25, 0.3) is 0 Å². The monoisotopic (exact) mass is 546 g/mol. The number of amides is 1. The van der Waals surface area contributed by atoms with E-state index in [9.17, 15) is 19.8 Å². The fourth-order valence-corrected chi connectivity index (χ4v) is 4.72. The number of hydrogen-bond acceptors (Lipinski definition) is 10. The van der Waals surface area contributed by atoms with Crippen LogP contribution in [0.4, 0.5) is 5.69 Å². The van der Waals surface area contributed by atoms with Crippen molar-refractivity contribution in [3.8, 4) is 0 Å².